The first-order chi connectivity index (χ1) is 19.9. The molecule has 0 saturated heterocycles. The lowest BCUT2D eigenvalue weighted by Crippen LogP contribution is -2.09. The highest BCUT2D eigenvalue weighted by Crippen LogP contribution is 2.46. The summed E-state index contributed by atoms with van der Waals surface area (Å²) in [5.41, 5.74) is 4.39. The predicted molar refractivity (Wildman–Crippen MR) is 154 cm³/mol. The van der Waals surface area contributed by atoms with Crippen molar-refractivity contribution in [2.75, 3.05) is 32.3 Å². The maximum Gasteiger partial charge on any atom is 0.306 e. The third-order valence-electron chi connectivity index (χ3n) is 7.82. The van der Waals surface area contributed by atoms with Gasteiger partial charge in [0.2, 0.25) is 0 Å². The average Bonchev–Trinajstić information content (AvgIpc) is 3.51. The molecule has 2 atom stereocenters. The molecule has 0 spiro atoms. The Bertz CT molecular complexity index is 1610. The summed E-state index contributed by atoms with van der Waals surface area (Å²) in [4.78, 5) is 11.7. The molecule has 10 heteroatoms. The molecule has 2 aliphatic rings. The van der Waals surface area contributed by atoms with Crippen molar-refractivity contribution in [2.24, 2.45) is 0 Å². The van der Waals surface area contributed by atoms with Gasteiger partial charge < -0.3 is 18.9 Å². The SMILES string of the molecule is COC(=O)CC1COc2cc(OC3CCc4c(-c5c(C)cc(OCCCS(C)(=O)=O)cc5C)c(F)cc(F)c43)ccc21. The Kier molecular flexibility index (Phi) is 8.46. The van der Waals surface area contributed by atoms with E-state index in [0.717, 1.165) is 22.8 Å². The molecule has 7 nitrogen and oxygen atoms in total. The molecule has 1 heterocycles. The zero-order valence-corrected chi connectivity index (χ0v) is 24.9. The van der Waals surface area contributed by atoms with Crippen LogP contribution in [0.1, 0.15) is 59.1 Å². The van der Waals surface area contributed by atoms with Gasteiger partial charge in [-0.15, -0.1) is 0 Å². The maximum atomic E-state index is 15.5. The number of carbonyl (C=O) groups excluding carboxylic acids is 1. The summed E-state index contributed by atoms with van der Waals surface area (Å²) in [5.74, 6) is 0.0176. The van der Waals surface area contributed by atoms with Crippen molar-refractivity contribution in [1.82, 2.24) is 0 Å². The summed E-state index contributed by atoms with van der Waals surface area (Å²) in [6.07, 6.45) is 2.08. The highest BCUT2D eigenvalue weighted by Gasteiger charge is 2.34. The van der Waals surface area contributed by atoms with Crippen LogP contribution in [0.5, 0.6) is 17.2 Å². The normalized spacial score (nSPS) is 17.4. The van der Waals surface area contributed by atoms with Gasteiger partial charge in [-0.1, -0.05) is 6.07 Å². The van der Waals surface area contributed by atoms with E-state index in [0.29, 0.717) is 65.4 Å². The number of ether oxygens (including phenoxy) is 4. The number of benzene rings is 3. The summed E-state index contributed by atoms with van der Waals surface area (Å²) in [5, 5.41) is 0. The average molecular weight is 601 g/mol. The highest BCUT2D eigenvalue weighted by molar-refractivity contribution is 7.90. The van der Waals surface area contributed by atoms with E-state index in [2.05, 4.69) is 0 Å². The third kappa shape index (κ3) is 6.23. The van der Waals surface area contributed by atoms with E-state index >= 15 is 8.78 Å². The molecule has 5 rings (SSSR count). The maximum absolute atomic E-state index is 15.5. The number of rotatable bonds is 10. The Balaban J connectivity index is 1.38. The fourth-order valence-electron chi connectivity index (χ4n) is 5.96. The summed E-state index contributed by atoms with van der Waals surface area (Å²) in [6.45, 7) is 4.30. The van der Waals surface area contributed by atoms with Gasteiger partial charge in [0.1, 0.15) is 44.8 Å². The van der Waals surface area contributed by atoms with E-state index in [4.69, 9.17) is 18.9 Å². The summed E-state index contributed by atoms with van der Waals surface area (Å²) in [7, 11) is -1.72. The number of esters is 1. The Morgan fingerprint density at radius 1 is 1.02 bits per heavy atom. The van der Waals surface area contributed by atoms with Gasteiger partial charge in [0.15, 0.2) is 0 Å². The predicted octanol–water partition coefficient (Wildman–Crippen LogP) is 6.17. The Labute approximate surface area is 244 Å². The second-order valence-corrected chi connectivity index (χ2v) is 13.3. The van der Waals surface area contributed by atoms with Gasteiger partial charge >= 0.3 is 5.97 Å². The van der Waals surface area contributed by atoms with Gasteiger partial charge in [-0.3, -0.25) is 4.79 Å². The van der Waals surface area contributed by atoms with E-state index in [9.17, 15) is 13.2 Å². The minimum Gasteiger partial charge on any atom is -0.494 e. The first-order valence-corrected chi connectivity index (χ1v) is 15.9. The second kappa shape index (κ2) is 11.9. The van der Waals surface area contributed by atoms with Crippen molar-refractivity contribution in [1.29, 1.82) is 0 Å². The van der Waals surface area contributed by atoms with Crippen molar-refractivity contribution in [2.45, 2.75) is 51.6 Å². The smallest absolute Gasteiger partial charge is 0.306 e. The highest BCUT2D eigenvalue weighted by atomic mass is 32.2. The molecule has 0 aromatic heterocycles. The van der Waals surface area contributed by atoms with E-state index in [1.807, 2.05) is 19.9 Å². The van der Waals surface area contributed by atoms with E-state index in [-0.39, 0.29) is 30.7 Å². The number of carbonyl (C=O) groups is 1. The number of methoxy groups -OCH3 is 1. The Hall–Kier alpha value is -3.66. The Morgan fingerprint density at radius 2 is 1.76 bits per heavy atom. The van der Waals surface area contributed by atoms with Gasteiger partial charge in [-0.25, -0.2) is 17.2 Å². The number of hydrogen-bond acceptors (Lipinski definition) is 7. The van der Waals surface area contributed by atoms with Crippen molar-refractivity contribution in [3.05, 3.63) is 75.8 Å². The standard InChI is InChI=1S/C32H34F2O7S/c1-18-12-22(39-10-5-11-42(4,36)37)13-19(2)30(18)32-24-8-9-27(31(24)25(33)16-26(32)34)41-21-6-7-23-20(14-29(35)38-3)17-40-28(23)15-21/h6-7,12-13,15-16,20,27H,5,8-11,14,17H2,1-4H3. The van der Waals surface area contributed by atoms with Gasteiger partial charge in [0, 0.05) is 41.0 Å². The number of aryl methyl sites for hydroxylation is 2. The monoisotopic (exact) mass is 600 g/mol. The van der Waals surface area contributed by atoms with Crippen molar-refractivity contribution in [3.8, 4) is 28.4 Å². The number of fused-ring (bicyclic) bond motifs is 2. The van der Waals surface area contributed by atoms with Crippen LogP contribution in [0, 0.1) is 25.5 Å². The first-order valence-electron chi connectivity index (χ1n) is 13.9. The van der Waals surface area contributed by atoms with Crippen LogP contribution in [0.4, 0.5) is 8.78 Å². The molecular weight excluding hydrogens is 566 g/mol. The third-order valence-corrected chi connectivity index (χ3v) is 8.85. The Morgan fingerprint density at radius 3 is 2.45 bits per heavy atom. The first kappa shape index (κ1) is 29.8. The zero-order chi connectivity index (χ0) is 30.2. The van der Waals surface area contributed by atoms with E-state index < -0.39 is 27.6 Å². The molecule has 0 radical (unpaired) electrons. The van der Waals surface area contributed by atoms with Crippen LogP contribution in [0.15, 0.2) is 36.4 Å². The number of halogens is 2. The van der Waals surface area contributed by atoms with Gasteiger partial charge in [0.25, 0.3) is 0 Å². The molecule has 1 aliphatic heterocycles. The molecule has 0 bridgehead atoms. The largest absolute Gasteiger partial charge is 0.494 e. The second-order valence-electron chi connectivity index (χ2n) is 11.0. The molecule has 3 aromatic rings. The van der Waals surface area contributed by atoms with Crippen LogP contribution in [-0.2, 0) is 25.8 Å². The lowest BCUT2D eigenvalue weighted by Gasteiger charge is -2.20. The lowest BCUT2D eigenvalue weighted by atomic mass is 9.89. The lowest BCUT2D eigenvalue weighted by molar-refractivity contribution is -0.141. The van der Waals surface area contributed by atoms with Crippen molar-refractivity contribution in [3.63, 3.8) is 0 Å². The zero-order valence-electron chi connectivity index (χ0n) is 24.1. The quantitative estimate of drug-likeness (QED) is 0.203. The van der Waals surface area contributed by atoms with Crippen LogP contribution >= 0.6 is 0 Å². The molecule has 1 aliphatic carbocycles. The minimum absolute atomic E-state index is 0.0353. The topological polar surface area (TPSA) is 88.1 Å². The minimum atomic E-state index is -3.07. The number of sulfone groups is 1. The molecule has 2 unspecified atom stereocenters. The van der Waals surface area contributed by atoms with Gasteiger partial charge in [-0.2, -0.15) is 0 Å². The molecule has 0 amide bonds. The fourth-order valence-corrected chi connectivity index (χ4v) is 6.60. The molecule has 0 N–H and O–H groups in total. The summed E-state index contributed by atoms with van der Waals surface area (Å²) < 4.78 is 76.1. The van der Waals surface area contributed by atoms with E-state index in [1.54, 1.807) is 24.3 Å². The summed E-state index contributed by atoms with van der Waals surface area (Å²) >= 11 is 0. The van der Waals surface area contributed by atoms with Crippen LogP contribution in [-0.4, -0.2) is 46.7 Å². The van der Waals surface area contributed by atoms with E-state index in [1.165, 1.54) is 13.4 Å². The fraction of sp³-hybridized carbons (Fsp3) is 0.406. The van der Waals surface area contributed by atoms with Crippen molar-refractivity contribution >= 4 is 15.8 Å². The molecule has 0 saturated carbocycles. The number of hydrogen-bond donors (Lipinski definition) is 0. The van der Waals surface area contributed by atoms with Crippen LogP contribution in [0.3, 0.4) is 0 Å². The van der Waals surface area contributed by atoms with Crippen LogP contribution in [0.25, 0.3) is 11.1 Å². The van der Waals surface area contributed by atoms with Gasteiger partial charge in [0.05, 0.1) is 32.5 Å². The van der Waals surface area contributed by atoms with Crippen molar-refractivity contribution < 1.29 is 40.9 Å². The molecule has 42 heavy (non-hydrogen) atoms. The molecule has 0 fully saturated rings. The molecule has 224 valence electrons. The van der Waals surface area contributed by atoms with Crippen LogP contribution < -0.4 is 14.2 Å². The van der Waals surface area contributed by atoms with Gasteiger partial charge in [-0.05, 0) is 73.6 Å². The van der Waals surface area contributed by atoms with Crippen LogP contribution in [0.2, 0.25) is 0 Å². The summed E-state index contributed by atoms with van der Waals surface area (Å²) in [6, 6.07) is 9.88. The molecular formula is C32H34F2O7S. The molecule has 3 aromatic carbocycles.